The quantitative estimate of drug-likeness (QED) is 0.493. The van der Waals surface area contributed by atoms with Crippen molar-refractivity contribution in [3.05, 3.63) is 89.2 Å². The number of hydrogen-bond acceptors (Lipinski definition) is 7. The van der Waals surface area contributed by atoms with Crippen LogP contribution in [0.1, 0.15) is 18.4 Å². The van der Waals surface area contributed by atoms with E-state index >= 15 is 0 Å². The first-order chi connectivity index (χ1) is 16.2. The molecule has 1 N–H and O–H groups in total. The Bertz CT molecular complexity index is 1270. The molecular formula is C25H24N6O2. The van der Waals surface area contributed by atoms with Gasteiger partial charge >= 0.3 is 0 Å². The van der Waals surface area contributed by atoms with Crippen molar-refractivity contribution in [3.63, 3.8) is 0 Å². The van der Waals surface area contributed by atoms with Crippen molar-refractivity contribution in [1.29, 1.82) is 0 Å². The van der Waals surface area contributed by atoms with Crippen LogP contribution >= 0.6 is 0 Å². The topological polar surface area (TPSA) is 94.8 Å². The van der Waals surface area contributed by atoms with Gasteiger partial charge in [-0.2, -0.15) is 5.10 Å². The molecule has 1 fully saturated rings. The SMILES string of the molecule is O=c1ccc(-c2ccncc2)nn1Cc1cccc(-c2ncc(OC3CCNCC3)cn2)c1. The van der Waals surface area contributed by atoms with Crippen LogP contribution in [0.5, 0.6) is 5.75 Å². The smallest absolute Gasteiger partial charge is 0.267 e. The Hall–Kier alpha value is -3.91. The number of benzene rings is 1. The lowest BCUT2D eigenvalue weighted by Crippen LogP contribution is -2.34. The maximum atomic E-state index is 12.4. The molecule has 3 aromatic heterocycles. The van der Waals surface area contributed by atoms with Crippen molar-refractivity contribution >= 4 is 0 Å². The number of hydrogen-bond donors (Lipinski definition) is 1. The molecule has 1 aromatic carbocycles. The molecule has 0 atom stereocenters. The van der Waals surface area contributed by atoms with Crippen LogP contribution in [0.3, 0.4) is 0 Å². The molecule has 0 amide bonds. The number of ether oxygens (including phenoxy) is 1. The van der Waals surface area contributed by atoms with Gasteiger partial charge in [-0.15, -0.1) is 0 Å². The summed E-state index contributed by atoms with van der Waals surface area (Å²) in [5.41, 5.74) is 3.29. The van der Waals surface area contributed by atoms with Crippen LogP contribution < -0.4 is 15.6 Å². The molecular weight excluding hydrogens is 416 g/mol. The average molecular weight is 441 g/mol. The first-order valence-corrected chi connectivity index (χ1v) is 11.0. The average Bonchev–Trinajstić information content (AvgIpc) is 2.87. The Morgan fingerprint density at radius 2 is 1.76 bits per heavy atom. The third-order valence-electron chi connectivity index (χ3n) is 5.58. The van der Waals surface area contributed by atoms with Crippen molar-refractivity contribution in [2.45, 2.75) is 25.5 Å². The fourth-order valence-electron chi connectivity index (χ4n) is 3.85. The summed E-state index contributed by atoms with van der Waals surface area (Å²) in [4.78, 5) is 25.4. The number of piperidine rings is 1. The Labute approximate surface area is 191 Å². The summed E-state index contributed by atoms with van der Waals surface area (Å²) in [6, 6.07) is 14.8. The van der Waals surface area contributed by atoms with Crippen LogP contribution in [-0.2, 0) is 6.54 Å². The van der Waals surface area contributed by atoms with Gasteiger partial charge in [-0.3, -0.25) is 9.78 Å². The van der Waals surface area contributed by atoms with Gasteiger partial charge in [0.25, 0.3) is 5.56 Å². The molecule has 33 heavy (non-hydrogen) atoms. The highest BCUT2D eigenvalue weighted by Gasteiger charge is 2.15. The van der Waals surface area contributed by atoms with E-state index in [2.05, 4.69) is 25.4 Å². The fraction of sp³-hybridized carbons (Fsp3) is 0.240. The highest BCUT2D eigenvalue weighted by Crippen LogP contribution is 2.20. The van der Waals surface area contributed by atoms with Crippen LogP contribution in [0.4, 0.5) is 0 Å². The molecule has 0 saturated carbocycles. The predicted octanol–water partition coefficient (Wildman–Crippen LogP) is 2.94. The van der Waals surface area contributed by atoms with Gasteiger partial charge in [-0.1, -0.05) is 18.2 Å². The second kappa shape index (κ2) is 9.70. The zero-order valence-corrected chi connectivity index (χ0v) is 18.1. The van der Waals surface area contributed by atoms with Crippen molar-refractivity contribution in [3.8, 4) is 28.4 Å². The third kappa shape index (κ3) is 5.12. The molecule has 0 radical (unpaired) electrons. The standard InChI is InChI=1S/C25H24N6O2/c32-24-5-4-23(19-6-10-26-11-7-19)30-31(24)17-18-2-1-3-20(14-18)25-28-15-22(16-29-25)33-21-8-12-27-13-9-21/h1-7,10-11,14-16,21,27H,8-9,12-13,17H2. The second-order valence-corrected chi connectivity index (χ2v) is 7.96. The lowest BCUT2D eigenvalue weighted by Gasteiger charge is -2.23. The van der Waals surface area contributed by atoms with E-state index in [9.17, 15) is 4.79 Å². The van der Waals surface area contributed by atoms with Crippen LogP contribution in [-0.4, -0.2) is 43.9 Å². The largest absolute Gasteiger partial charge is 0.487 e. The minimum atomic E-state index is -0.158. The van der Waals surface area contributed by atoms with E-state index in [0.717, 1.165) is 48.3 Å². The number of nitrogens with one attached hydrogen (secondary N) is 1. The highest BCUT2D eigenvalue weighted by molar-refractivity contribution is 5.57. The van der Waals surface area contributed by atoms with E-state index in [1.54, 1.807) is 30.9 Å². The lowest BCUT2D eigenvalue weighted by molar-refractivity contribution is 0.161. The Morgan fingerprint density at radius 1 is 0.970 bits per heavy atom. The van der Waals surface area contributed by atoms with Gasteiger partial charge in [0, 0.05) is 29.6 Å². The predicted molar refractivity (Wildman–Crippen MR) is 125 cm³/mol. The zero-order chi connectivity index (χ0) is 22.5. The van der Waals surface area contributed by atoms with E-state index in [1.165, 1.54) is 10.7 Å². The first-order valence-electron chi connectivity index (χ1n) is 11.0. The van der Waals surface area contributed by atoms with Crippen molar-refractivity contribution in [2.24, 2.45) is 0 Å². The van der Waals surface area contributed by atoms with E-state index in [-0.39, 0.29) is 11.7 Å². The Balaban J connectivity index is 1.33. The van der Waals surface area contributed by atoms with Crippen LogP contribution in [0.15, 0.2) is 78.1 Å². The minimum absolute atomic E-state index is 0.158. The van der Waals surface area contributed by atoms with E-state index < -0.39 is 0 Å². The van der Waals surface area contributed by atoms with Gasteiger partial charge in [0.15, 0.2) is 11.6 Å². The highest BCUT2D eigenvalue weighted by atomic mass is 16.5. The van der Waals surface area contributed by atoms with Gasteiger partial charge in [0.05, 0.1) is 24.6 Å². The molecule has 8 heteroatoms. The molecule has 0 bridgehead atoms. The van der Waals surface area contributed by atoms with Crippen LogP contribution in [0.25, 0.3) is 22.6 Å². The van der Waals surface area contributed by atoms with Gasteiger partial charge in [0.1, 0.15) is 6.10 Å². The number of nitrogens with zero attached hydrogens (tertiary/aromatic N) is 5. The maximum Gasteiger partial charge on any atom is 0.267 e. The summed E-state index contributed by atoms with van der Waals surface area (Å²) in [5.74, 6) is 1.30. The number of aromatic nitrogens is 5. The number of pyridine rings is 1. The van der Waals surface area contributed by atoms with E-state index in [4.69, 9.17) is 4.74 Å². The molecule has 4 aromatic rings. The van der Waals surface area contributed by atoms with Gasteiger partial charge in [-0.05, 0) is 55.8 Å². The fourth-order valence-corrected chi connectivity index (χ4v) is 3.85. The van der Waals surface area contributed by atoms with Crippen LogP contribution in [0, 0.1) is 0 Å². The zero-order valence-electron chi connectivity index (χ0n) is 18.1. The van der Waals surface area contributed by atoms with E-state index in [0.29, 0.717) is 18.1 Å². The third-order valence-corrected chi connectivity index (χ3v) is 5.58. The summed E-state index contributed by atoms with van der Waals surface area (Å²) in [7, 11) is 0. The Kier molecular flexibility index (Phi) is 6.16. The molecule has 166 valence electrons. The first kappa shape index (κ1) is 21.0. The monoisotopic (exact) mass is 440 g/mol. The summed E-state index contributed by atoms with van der Waals surface area (Å²) >= 11 is 0. The molecule has 0 unspecified atom stereocenters. The maximum absolute atomic E-state index is 12.4. The Morgan fingerprint density at radius 3 is 2.55 bits per heavy atom. The summed E-state index contributed by atoms with van der Waals surface area (Å²) in [6.07, 6.45) is 9.04. The molecule has 4 heterocycles. The van der Waals surface area contributed by atoms with E-state index in [1.807, 2.05) is 36.4 Å². The summed E-state index contributed by atoms with van der Waals surface area (Å²) < 4.78 is 7.46. The summed E-state index contributed by atoms with van der Waals surface area (Å²) in [5, 5.41) is 7.86. The summed E-state index contributed by atoms with van der Waals surface area (Å²) in [6.45, 7) is 2.29. The molecule has 1 aliphatic heterocycles. The molecule has 8 nitrogen and oxygen atoms in total. The van der Waals surface area contributed by atoms with Gasteiger partial charge in [0.2, 0.25) is 0 Å². The molecule has 1 saturated heterocycles. The minimum Gasteiger partial charge on any atom is -0.487 e. The second-order valence-electron chi connectivity index (χ2n) is 7.96. The van der Waals surface area contributed by atoms with Gasteiger partial charge < -0.3 is 10.1 Å². The molecule has 0 spiro atoms. The normalized spacial score (nSPS) is 14.2. The number of rotatable bonds is 6. The molecule has 1 aliphatic rings. The van der Waals surface area contributed by atoms with Gasteiger partial charge in [-0.25, -0.2) is 14.6 Å². The lowest BCUT2D eigenvalue weighted by atomic mass is 10.1. The molecule has 5 rings (SSSR count). The van der Waals surface area contributed by atoms with Crippen LogP contribution in [0.2, 0.25) is 0 Å². The molecule has 0 aliphatic carbocycles. The van der Waals surface area contributed by atoms with Crippen molar-refractivity contribution in [1.82, 2.24) is 30.0 Å². The van der Waals surface area contributed by atoms with Crippen molar-refractivity contribution < 1.29 is 4.74 Å². The van der Waals surface area contributed by atoms with Crippen molar-refractivity contribution in [2.75, 3.05) is 13.1 Å².